The topological polar surface area (TPSA) is 83.7 Å². The van der Waals surface area contributed by atoms with Gasteiger partial charge in [0.2, 0.25) is 5.91 Å². The van der Waals surface area contributed by atoms with Gasteiger partial charge in [-0.3, -0.25) is 14.4 Å². The lowest BCUT2D eigenvalue weighted by molar-refractivity contribution is -0.137. The lowest BCUT2D eigenvalue weighted by Crippen LogP contribution is -2.46. The number of likely N-dealkylation sites (N-methyl/N-ethyl adjacent to an activating group) is 1. The maximum atomic E-state index is 12.5. The number of nitrogen functional groups attached to an aromatic ring is 1. The Labute approximate surface area is 134 Å². The number of rotatable bonds is 2. The Balaban J connectivity index is 2.29. The molecule has 2 rings (SSSR count). The number of amides is 3. The third-order valence-electron chi connectivity index (χ3n) is 3.30. The number of benzene rings is 2. The van der Waals surface area contributed by atoms with Gasteiger partial charge in [-0.25, -0.2) is 4.90 Å². The highest BCUT2D eigenvalue weighted by molar-refractivity contribution is 6.48. The van der Waals surface area contributed by atoms with Gasteiger partial charge in [0.25, 0.3) is 0 Å². The van der Waals surface area contributed by atoms with Crippen molar-refractivity contribution in [2.75, 3.05) is 22.6 Å². The molecule has 6 nitrogen and oxygen atoms in total. The molecule has 0 fully saturated rings. The number of anilines is 3. The number of nitrogens with two attached hydrogens (primary N) is 1. The van der Waals surface area contributed by atoms with E-state index in [9.17, 15) is 14.4 Å². The van der Waals surface area contributed by atoms with Crippen LogP contribution in [-0.4, -0.2) is 24.8 Å². The van der Waals surface area contributed by atoms with Gasteiger partial charge < -0.3 is 10.6 Å². The highest BCUT2D eigenvalue weighted by Gasteiger charge is 2.29. The van der Waals surface area contributed by atoms with Crippen molar-refractivity contribution in [2.24, 2.45) is 0 Å². The van der Waals surface area contributed by atoms with Crippen molar-refractivity contribution in [3.63, 3.8) is 0 Å². The van der Waals surface area contributed by atoms with Gasteiger partial charge in [-0.15, -0.1) is 0 Å². The largest absolute Gasteiger partial charge is 0.399 e. The van der Waals surface area contributed by atoms with Crippen molar-refractivity contribution >= 4 is 34.8 Å². The first-order valence-corrected chi connectivity index (χ1v) is 6.95. The second-order valence-electron chi connectivity index (χ2n) is 4.95. The second kappa shape index (κ2) is 6.74. The summed E-state index contributed by atoms with van der Waals surface area (Å²) in [6.45, 7) is 1.23. The Morgan fingerprint density at radius 3 is 1.91 bits per heavy atom. The van der Waals surface area contributed by atoms with E-state index in [1.54, 1.807) is 42.5 Å². The van der Waals surface area contributed by atoms with E-state index in [4.69, 9.17) is 5.73 Å². The molecule has 0 heterocycles. The summed E-state index contributed by atoms with van der Waals surface area (Å²) in [5, 5.41) is 0. The number of hydrogen-bond donors (Lipinski definition) is 1. The molecule has 2 aromatic carbocycles. The molecule has 0 unspecified atom stereocenters. The fourth-order valence-corrected chi connectivity index (χ4v) is 2.07. The summed E-state index contributed by atoms with van der Waals surface area (Å²) in [6.07, 6.45) is 0. The first-order valence-electron chi connectivity index (χ1n) is 6.95. The van der Waals surface area contributed by atoms with Gasteiger partial charge in [-0.1, -0.05) is 18.2 Å². The molecule has 0 atom stereocenters. The third-order valence-corrected chi connectivity index (χ3v) is 3.30. The van der Waals surface area contributed by atoms with Crippen molar-refractivity contribution in [2.45, 2.75) is 6.92 Å². The van der Waals surface area contributed by atoms with Crippen molar-refractivity contribution in [1.29, 1.82) is 0 Å². The van der Waals surface area contributed by atoms with E-state index in [0.29, 0.717) is 17.1 Å². The molecule has 0 radical (unpaired) electrons. The smallest absolute Gasteiger partial charge is 0.323 e. The Hall–Kier alpha value is -3.15. The molecule has 0 saturated carbocycles. The summed E-state index contributed by atoms with van der Waals surface area (Å²) in [4.78, 5) is 38.7. The van der Waals surface area contributed by atoms with Crippen LogP contribution < -0.4 is 15.5 Å². The number of nitrogens with zero attached hydrogens (tertiary/aromatic N) is 2. The first kappa shape index (κ1) is 16.2. The lowest BCUT2D eigenvalue weighted by Gasteiger charge is -2.22. The molecule has 0 aromatic heterocycles. The van der Waals surface area contributed by atoms with Gasteiger partial charge >= 0.3 is 11.8 Å². The van der Waals surface area contributed by atoms with Gasteiger partial charge in [-0.05, 0) is 36.4 Å². The zero-order valence-corrected chi connectivity index (χ0v) is 12.9. The molecular weight excluding hydrogens is 294 g/mol. The quantitative estimate of drug-likeness (QED) is 0.677. The normalized spacial score (nSPS) is 10.0. The predicted octanol–water partition coefficient (Wildman–Crippen LogP) is 1.81. The van der Waals surface area contributed by atoms with E-state index in [1.165, 1.54) is 31.0 Å². The van der Waals surface area contributed by atoms with E-state index in [2.05, 4.69) is 0 Å². The van der Waals surface area contributed by atoms with Gasteiger partial charge in [-0.2, -0.15) is 0 Å². The summed E-state index contributed by atoms with van der Waals surface area (Å²) in [5.41, 5.74) is 6.96. The maximum Gasteiger partial charge on any atom is 0.323 e. The summed E-state index contributed by atoms with van der Waals surface area (Å²) in [6, 6.07) is 14.9. The van der Waals surface area contributed by atoms with Crippen molar-refractivity contribution in [3.8, 4) is 0 Å². The molecule has 3 amide bonds. The van der Waals surface area contributed by atoms with Crippen LogP contribution >= 0.6 is 0 Å². The Bertz CT molecular complexity index is 727. The SMILES string of the molecule is CC(=O)N(C(=O)C(=O)N(C)c1ccccc1)c1ccc(N)cc1. The Morgan fingerprint density at radius 2 is 1.39 bits per heavy atom. The molecule has 23 heavy (non-hydrogen) atoms. The summed E-state index contributed by atoms with van der Waals surface area (Å²) >= 11 is 0. The lowest BCUT2D eigenvalue weighted by atomic mass is 10.2. The van der Waals surface area contributed by atoms with Crippen LogP contribution in [0.4, 0.5) is 17.1 Å². The van der Waals surface area contributed by atoms with E-state index < -0.39 is 17.7 Å². The van der Waals surface area contributed by atoms with Gasteiger partial charge in [0, 0.05) is 25.3 Å². The highest BCUT2D eigenvalue weighted by atomic mass is 16.2. The number of carbonyl (C=O) groups excluding carboxylic acids is 3. The minimum Gasteiger partial charge on any atom is -0.399 e. The van der Waals surface area contributed by atoms with Crippen LogP contribution in [0.1, 0.15) is 6.92 Å². The van der Waals surface area contributed by atoms with E-state index in [-0.39, 0.29) is 0 Å². The number of hydrogen-bond acceptors (Lipinski definition) is 4. The summed E-state index contributed by atoms with van der Waals surface area (Å²) in [7, 11) is 1.48. The number of imide groups is 1. The molecule has 6 heteroatoms. The Kier molecular flexibility index (Phi) is 4.75. The zero-order chi connectivity index (χ0) is 17.0. The van der Waals surface area contributed by atoms with E-state index in [0.717, 1.165) is 4.90 Å². The van der Waals surface area contributed by atoms with Crippen LogP contribution in [-0.2, 0) is 14.4 Å². The molecule has 0 saturated heterocycles. The fourth-order valence-electron chi connectivity index (χ4n) is 2.07. The minimum absolute atomic E-state index is 0.298. The van der Waals surface area contributed by atoms with Gasteiger partial charge in [0.1, 0.15) is 0 Å². The second-order valence-corrected chi connectivity index (χ2v) is 4.95. The molecule has 0 bridgehead atoms. The number of para-hydroxylation sites is 1. The van der Waals surface area contributed by atoms with Gasteiger partial charge in [0.15, 0.2) is 0 Å². The van der Waals surface area contributed by atoms with Crippen LogP contribution in [0.25, 0.3) is 0 Å². The monoisotopic (exact) mass is 311 g/mol. The van der Waals surface area contributed by atoms with Crippen molar-refractivity contribution in [1.82, 2.24) is 0 Å². The molecule has 118 valence electrons. The minimum atomic E-state index is -0.923. The number of carbonyl (C=O) groups is 3. The standard InChI is InChI=1S/C17H17N3O3/c1-12(21)20(15-10-8-13(18)9-11-15)17(23)16(22)19(2)14-6-4-3-5-7-14/h3-11H,18H2,1-2H3. The third kappa shape index (κ3) is 3.55. The molecule has 0 spiro atoms. The first-order chi connectivity index (χ1) is 10.9. The fraction of sp³-hybridized carbons (Fsp3) is 0.118. The molecule has 2 N–H and O–H groups in total. The Morgan fingerprint density at radius 1 is 0.826 bits per heavy atom. The van der Waals surface area contributed by atoms with Crippen molar-refractivity contribution in [3.05, 3.63) is 54.6 Å². The zero-order valence-electron chi connectivity index (χ0n) is 12.9. The van der Waals surface area contributed by atoms with E-state index in [1.807, 2.05) is 0 Å². The van der Waals surface area contributed by atoms with E-state index >= 15 is 0 Å². The predicted molar refractivity (Wildman–Crippen MR) is 88.9 cm³/mol. The highest BCUT2D eigenvalue weighted by Crippen LogP contribution is 2.19. The van der Waals surface area contributed by atoms with Crippen molar-refractivity contribution < 1.29 is 14.4 Å². The van der Waals surface area contributed by atoms with Crippen LogP contribution in [0.5, 0.6) is 0 Å². The van der Waals surface area contributed by atoms with Crippen LogP contribution in [0.2, 0.25) is 0 Å². The summed E-state index contributed by atoms with van der Waals surface area (Å²) < 4.78 is 0. The molecule has 0 aliphatic rings. The molecule has 0 aliphatic carbocycles. The maximum absolute atomic E-state index is 12.5. The molecule has 0 aliphatic heterocycles. The molecule has 2 aromatic rings. The van der Waals surface area contributed by atoms with Gasteiger partial charge in [0.05, 0.1) is 5.69 Å². The molecular formula is C17H17N3O3. The van der Waals surface area contributed by atoms with Crippen LogP contribution in [0, 0.1) is 0 Å². The average Bonchev–Trinajstić information content (AvgIpc) is 2.56. The van der Waals surface area contributed by atoms with Crippen LogP contribution in [0.3, 0.4) is 0 Å². The average molecular weight is 311 g/mol. The summed E-state index contributed by atoms with van der Waals surface area (Å²) in [5.74, 6) is -2.27. The van der Waals surface area contributed by atoms with Crippen LogP contribution in [0.15, 0.2) is 54.6 Å².